The fraction of sp³-hybridized carbons (Fsp3) is 0.812. The quantitative estimate of drug-likeness (QED) is 0.726. The molecule has 2 aliphatic carbocycles. The first-order valence-electron chi connectivity index (χ1n) is 7.79. The molecule has 2 saturated carbocycles. The second kappa shape index (κ2) is 3.70. The third-order valence-corrected chi connectivity index (χ3v) is 6.21. The summed E-state index contributed by atoms with van der Waals surface area (Å²) in [6.45, 7) is 4.14. The molecule has 4 aliphatic rings. The van der Waals surface area contributed by atoms with Crippen LogP contribution in [0.4, 0.5) is 0 Å². The number of ketones is 1. The van der Waals surface area contributed by atoms with Crippen molar-refractivity contribution >= 4 is 5.78 Å². The topological polar surface area (TPSA) is 40.5 Å². The Morgan fingerprint density at radius 3 is 3.11 bits per heavy atom. The highest BCUT2D eigenvalue weighted by Gasteiger charge is 2.68. The van der Waals surface area contributed by atoms with Crippen molar-refractivity contribution in [3.8, 4) is 0 Å². The smallest absolute Gasteiger partial charge is 0.159 e. The predicted octanol–water partition coefficient (Wildman–Crippen LogP) is 2.11. The molecule has 0 aromatic heterocycles. The Balaban J connectivity index is 1.94. The van der Waals surface area contributed by atoms with Crippen molar-refractivity contribution in [2.45, 2.75) is 51.2 Å². The first kappa shape index (κ1) is 12.1. The second-order valence-electron chi connectivity index (χ2n) is 7.15. The maximum Gasteiger partial charge on any atom is 0.159 e. The molecule has 2 heterocycles. The molecule has 0 aromatic rings. The minimum atomic E-state index is -0.748. The molecule has 0 radical (unpaired) electrons. The van der Waals surface area contributed by atoms with Crippen LogP contribution in [0, 0.1) is 17.3 Å². The summed E-state index contributed by atoms with van der Waals surface area (Å²) < 4.78 is 0. The monoisotopic (exact) mass is 261 g/mol. The lowest BCUT2D eigenvalue weighted by atomic mass is 9.55. The number of carbonyl (C=O) groups is 1. The predicted molar refractivity (Wildman–Crippen MR) is 72.4 cm³/mol. The van der Waals surface area contributed by atoms with E-state index >= 15 is 0 Å². The SMILES string of the molecule is C[C@@H]1C[C@@H]2CC(=O)C3=CCCN4CCC[C@@]32[C@@]4(O)C1. The molecule has 3 heteroatoms. The van der Waals surface area contributed by atoms with Gasteiger partial charge in [0.15, 0.2) is 5.78 Å². The molecule has 2 aliphatic heterocycles. The largest absolute Gasteiger partial charge is 0.375 e. The summed E-state index contributed by atoms with van der Waals surface area (Å²) in [4.78, 5) is 14.7. The van der Waals surface area contributed by atoms with Gasteiger partial charge >= 0.3 is 0 Å². The molecule has 3 nitrogen and oxygen atoms in total. The van der Waals surface area contributed by atoms with Crippen molar-refractivity contribution in [1.82, 2.24) is 4.90 Å². The lowest BCUT2D eigenvalue weighted by Gasteiger charge is -2.60. The van der Waals surface area contributed by atoms with E-state index in [0.717, 1.165) is 50.8 Å². The Bertz CT molecular complexity index is 471. The van der Waals surface area contributed by atoms with E-state index in [1.807, 2.05) is 0 Å². The second-order valence-corrected chi connectivity index (χ2v) is 7.15. The Hall–Kier alpha value is -0.670. The van der Waals surface area contributed by atoms with Crippen LogP contribution in [-0.2, 0) is 4.79 Å². The zero-order valence-corrected chi connectivity index (χ0v) is 11.7. The molecule has 19 heavy (non-hydrogen) atoms. The van der Waals surface area contributed by atoms with Crippen LogP contribution in [0.3, 0.4) is 0 Å². The van der Waals surface area contributed by atoms with E-state index in [-0.39, 0.29) is 5.41 Å². The Morgan fingerprint density at radius 2 is 2.26 bits per heavy atom. The van der Waals surface area contributed by atoms with Crippen LogP contribution < -0.4 is 0 Å². The average Bonchev–Trinajstić information content (AvgIpc) is 2.59. The van der Waals surface area contributed by atoms with Gasteiger partial charge in [0.1, 0.15) is 5.72 Å². The van der Waals surface area contributed by atoms with Crippen LogP contribution in [-0.4, -0.2) is 34.6 Å². The van der Waals surface area contributed by atoms with Gasteiger partial charge < -0.3 is 5.11 Å². The number of carbonyl (C=O) groups excluding carboxylic acids is 1. The van der Waals surface area contributed by atoms with E-state index in [1.165, 1.54) is 0 Å². The van der Waals surface area contributed by atoms with Crippen molar-refractivity contribution in [1.29, 1.82) is 0 Å². The Labute approximate surface area is 114 Å². The molecule has 1 N–H and O–H groups in total. The fourth-order valence-corrected chi connectivity index (χ4v) is 5.68. The van der Waals surface area contributed by atoms with E-state index in [1.54, 1.807) is 0 Å². The number of hydrogen-bond acceptors (Lipinski definition) is 3. The van der Waals surface area contributed by atoms with E-state index in [9.17, 15) is 9.90 Å². The molecule has 0 aromatic carbocycles. The first-order valence-corrected chi connectivity index (χ1v) is 7.79. The van der Waals surface area contributed by atoms with Crippen LogP contribution in [0.15, 0.2) is 11.6 Å². The molecule has 2 bridgehead atoms. The van der Waals surface area contributed by atoms with Gasteiger partial charge in [0.2, 0.25) is 0 Å². The fourth-order valence-electron chi connectivity index (χ4n) is 5.68. The maximum absolute atomic E-state index is 12.4. The number of rotatable bonds is 0. The van der Waals surface area contributed by atoms with Crippen LogP contribution in [0.1, 0.15) is 45.4 Å². The van der Waals surface area contributed by atoms with Gasteiger partial charge in [0.25, 0.3) is 0 Å². The molecule has 1 spiro atoms. The van der Waals surface area contributed by atoms with E-state index in [4.69, 9.17) is 0 Å². The van der Waals surface area contributed by atoms with Crippen LogP contribution in [0.2, 0.25) is 0 Å². The molecule has 1 unspecified atom stereocenters. The van der Waals surface area contributed by atoms with Crippen molar-refractivity contribution in [3.05, 3.63) is 11.6 Å². The Kier molecular flexibility index (Phi) is 2.36. The third-order valence-electron chi connectivity index (χ3n) is 6.21. The molecule has 1 saturated heterocycles. The van der Waals surface area contributed by atoms with Crippen LogP contribution >= 0.6 is 0 Å². The van der Waals surface area contributed by atoms with Gasteiger partial charge in [-0.05, 0) is 43.9 Å². The molecule has 104 valence electrons. The highest BCUT2D eigenvalue weighted by atomic mass is 16.3. The number of hydrogen-bond donors (Lipinski definition) is 1. The van der Waals surface area contributed by atoms with E-state index in [2.05, 4.69) is 17.9 Å². The summed E-state index contributed by atoms with van der Waals surface area (Å²) in [5.41, 5.74) is 0.0158. The third kappa shape index (κ3) is 1.28. The summed E-state index contributed by atoms with van der Waals surface area (Å²) >= 11 is 0. The standard InChI is InChI=1S/C16H23NO2/c1-11-8-12-9-14(18)13-4-2-6-17-7-3-5-15(12,13)16(17,19)10-11/h4,11-12,19H,2-3,5-10H2,1H3/t11-,12-,15+,16+/m1/s1. The van der Waals surface area contributed by atoms with E-state index < -0.39 is 5.72 Å². The molecular weight excluding hydrogens is 238 g/mol. The summed E-state index contributed by atoms with van der Waals surface area (Å²) in [7, 11) is 0. The van der Waals surface area contributed by atoms with Crippen molar-refractivity contribution in [3.63, 3.8) is 0 Å². The van der Waals surface area contributed by atoms with Gasteiger partial charge in [-0.2, -0.15) is 0 Å². The normalized spacial score (nSPS) is 52.4. The number of Topliss-reactive ketones (excluding diaryl/α,β-unsaturated/α-hetero) is 1. The van der Waals surface area contributed by atoms with Crippen molar-refractivity contribution < 1.29 is 9.90 Å². The van der Waals surface area contributed by atoms with Gasteiger partial charge in [-0.3, -0.25) is 9.69 Å². The van der Waals surface area contributed by atoms with Gasteiger partial charge in [0.05, 0.1) is 0 Å². The zero-order chi connectivity index (χ0) is 13.3. The minimum Gasteiger partial charge on any atom is -0.375 e. The van der Waals surface area contributed by atoms with Gasteiger partial charge in [0, 0.05) is 30.5 Å². The minimum absolute atomic E-state index is 0.231. The zero-order valence-electron chi connectivity index (χ0n) is 11.7. The highest BCUT2D eigenvalue weighted by Crippen LogP contribution is 2.65. The van der Waals surface area contributed by atoms with Gasteiger partial charge in [-0.25, -0.2) is 0 Å². The number of nitrogens with zero attached hydrogens (tertiary/aromatic N) is 1. The summed E-state index contributed by atoms with van der Waals surface area (Å²) in [6.07, 6.45) is 7.84. The molecule has 0 amide bonds. The van der Waals surface area contributed by atoms with Crippen LogP contribution in [0.5, 0.6) is 0 Å². The molecule has 5 atom stereocenters. The maximum atomic E-state index is 12.4. The van der Waals surface area contributed by atoms with Crippen LogP contribution in [0.25, 0.3) is 0 Å². The number of piperidine rings is 1. The average molecular weight is 261 g/mol. The molecule has 4 rings (SSSR count). The van der Waals surface area contributed by atoms with Crippen molar-refractivity contribution in [2.75, 3.05) is 13.1 Å². The molecule has 3 fully saturated rings. The lowest BCUT2D eigenvalue weighted by Crippen LogP contribution is -2.67. The number of aliphatic hydroxyl groups is 1. The Morgan fingerprint density at radius 1 is 1.42 bits per heavy atom. The summed E-state index contributed by atoms with van der Waals surface area (Å²) in [5.74, 6) is 1.22. The van der Waals surface area contributed by atoms with Gasteiger partial charge in [-0.1, -0.05) is 13.0 Å². The summed E-state index contributed by atoms with van der Waals surface area (Å²) in [5, 5.41) is 11.5. The summed E-state index contributed by atoms with van der Waals surface area (Å²) in [6, 6.07) is 0. The highest BCUT2D eigenvalue weighted by molar-refractivity contribution is 6.00. The van der Waals surface area contributed by atoms with E-state index in [0.29, 0.717) is 24.0 Å². The van der Waals surface area contributed by atoms with Gasteiger partial charge in [-0.15, -0.1) is 0 Å². The van der Waals surface area contributed by atoms with Crippen molar-refractivity contribution in [2.24, 2.45) is 17.3 Å². The first-order chi connectivity index (χ1) is 9.08. The molecular formula is C16H23NO2. The lowest BCUT2D eigenvalue weighted by molar-refractivity contribution is -0.242.